The molecule has 2 heteroatoms. The molecule has 0 amide bonds. The van der Waals surface area contributed by atoms with Gasteiger partial charge in [-0.2, -0.15) is 0 Å². The lowest BCUT2D eigenvalue weighted by Crippen LogP contribution is -1.95. The maximum atomic E-state index is 10.6. The Bertz CT molecular complexity index is 664. The molecule has 0 bridgehead atoms. The van der Waals surface area contributed by atoms with Gasteiger partial charge in [0.25, 0.3) is 0 Å². The number of benzene rings is 2. The predicted molar refractivity (Wildman–Crippen MR) is 91.9 cm³/mol. The van der Waals surface area contributed by atoms with Gasteiger partial charge in [0.1, 0.15) is 0 Å². The van der Waals surface area contributed by atoms with E-state index in [-0.39, 0.29) is 6.42 Å². The van der Waals surface area contributed by atoms with Gasteiger partial charge in [-0.05, 0) is 54.5 Å². The monoisotopic (exact) mass is 294 g/mol. The molecular formula is C20H22O2. The van der Waals surface area contributed by atoms with Crippen LogP contribution in [0.25, 0.3) is 12.2 Å². The third-order valence-electron chi connectivity index (χ3n) is 3.79. The number of rotatable bonds is 6. The fourth-order valence-electron chi connectivity index (χ4n) is 2.57. The van der Waals surface area contributed by atoms with E-state index in [4.69, 9.17) is 5.11 Å². The molecule has 22 heavy (non-hydrogen) atoms. The van der Waals surface area contributed by atoms with Crippen LogP contribution in [-0.4, -0.2) is 11.1 Å². The zero-order valence-corrected chi connectivity index (χ0v) is 13.2. The summed E-state index contributed by atoms with van der Waals surface area (Å²) >= 11 is 0. The molecular weight excluding hydrogens is 272 g/mol. The summed E-state index contributed by atoms with van der Waals surface area (Å²) in [6.07, 6.45) is 5.98. The quantitative estimate of drug-likeness (QED) is 0.771. The van der Waals surface area contributed by atoms with E-state index >= 15 is 0 Å². The highest BCUT2D eigenvalue weighted by Gasteiger charge is 2.00. The van der Waals surface area contributed by atoms with Gasteiger partial charge in [-0.3, -0.25) is 4.79 Å². The first-order chi connectivity index (χ1) is 10.6. The van der Waals surface area contributed by atoms with Crippen molar-refractivity contribution in [3.8, 4) is 0 Å². The molecule has 0 aliphatic rings. The van der Waals surface area contributed by atoms with Crippen LogP contribution in [0.15, 0.2) is 42.5 Å². The van der Waals surface area contributed by atoms with Crippen LogP contribution in [0.4, 0.5) is 0 Å². The van der Waals surface area contributed by atoms with Crippen molar-refractivity contribution in [3.63, 3.8) is 0 Å². The van der Waals surface area contributed by atoms with Crippen molar-refractivity contribution in [2.24, 2.45) is 0 Å². The molecule has 0 unspecified atom stereocenters. The van der Waals surface area contributed by atoms with Crippen molar-refractivity contribution in [2.45, 2.75) is 33.1 Å². The third-order valence-corrected chi connectivity index (χ3v) is 3.79. The maximum Gasteiger partial charge on any atom is 0.303 e. The van der Waals surface area contributed by atoms with E-state index in [2.05, 4.69) is 62.4 Å². The Hall–Kier alpha value is -2.35. The van der Waals surface area contributed by atoms with Crippen molar-refractivity contribution in [3.05, 3.63) is 70.3 Å². The summed E-state index contributed by atoms with van der Waals surface area (Å²) in [6, 6.07) is 14.6. The van der Waals surface area contributed by atoms with Crippen LogP contribution in [0.5, 0.6) is 0 Å². The molecule has 0 aromatic heterocycles. The van der Waals surface area contributed by atoms with Crippen molar-refractivity contribution < 1.29 is 9.90 Å². The van der Waals surface area contributed by atoms with Gasteiger partial charge in [-0.25, -0.2) is 0 Å². The minimum absolute atomic E-state index is 0.225. The van der Waals surface area contributed by atoms with Gasteiger partial charge >= 0.3 is 5.97 Å². The molecule has 0 radical (unpaired) electrons. The molecule has 2 rings (SSSR count). The summed E-state index contributed by atoms with van der Waals surface area (Å²) in [4.78, 5) is 10.6. The van der Waals surface area contributed by atoms with Gasteiger partial charge in [-0.1, -0.05) is 54.6 Å². The number of carboxylic acids is 1. The molecule has 0 saturated heterocycles. The average molecular weight is 294 g/mol. The van der Waals surface area contributed by atoms with E-state index in [1.165, 1.54) is 22.3 Å². The summed E-state index contributed by atoms with van der Waals surface area (Å²) in [6.45, 7) is 4.24. The van der Waals surface area contributed by atoms with Gasteiger partial charge in [0.2, 0.25) is 0 Å². The summed E-state index contributed by atoms with van der Waals surface area (Å²) in [5.74, 6) is -0.730. The SMILES string of the molecule is Cc1cccc(C)c1/C=C/c1cccc(CCCC(=O)O)c1. The van der Waals surface area contributed by atoms with Crippen molar-refractivity contribution >= 4 is 18.1 Å². The van der Waals surface area contributed by atoms with E-state index in [9.17, 15) is 4.79 Å². The highest BCUT2D eigenvalue weighted by molar-refractivity contribution is 5.73. The molecule has 2 aromatic carbocycles. The van der Waals surface area contributed by atoms with Crippen LogP contribution >= 0.6 is 0 Å². The zero-order valence-electron chi connectivity index (χ0n) is 13.2. The third kappa shape index (κ3) is 4.59. The lowest BCUT2D eigenvalue weighted by Gasteiger charge is -2.05. The Labute approximate surface area is 132 Å². The molecule has 2 nitrogen and oxygen atoms in total. The molecule has 0 fully saturated rings. The number of aliphatic carboxylic acids is 1. The average Bonchev–Trinajstić information content (AvgIpc) is 2.47. The Kier molecular flexibility index (Phi) is 5.54. The van der Waals surface area contributed by atoms with Crippen LogP contribution < -0.4 is 0 Å². The Morgan fingerprint density at radius 3 is 2.41 bits per heavy atom. The first-order valence-corrected chi connectivity index (χ1v) is 7.61. The molecule has 114 valence electrons. The van der Waals surface area contributed by atoms with Gasteiger partial charge in [0.15, 0.2) is 0 Å². The van der Waals surface area contributed by atoms with Crippen LogP contribution in [-0.2, 0) is 11.2 Å². The van der Waals surface area contributed by atoms with Crippen molar-refractivity contribution in [2.75, 3.05) is 0 Å². The van der Waals surface area contributed by atoms with Gasteiger partial charge in [-0.15, -0.1) is 0 Å². The second kappa shape index (κ2) is 7.60. The second-order valence-electron chi connectivity index (χ2n) is 5.63. The molecule has 0 aliphatic heterocycles. The molecule has 0 spiro atoms. The standard InChI is InChI=1S/C20H22O2/c1-15-6-3-7-16(2)19(15)13-12-18-9-4-8-17(14-18)10-5-11-20(21)22/h3-4,6-9,12-14H,5,10-11H2,1-2H3,(H,21,22)/b13-12+. The van der Waals surface area contributed by atoms with Crippen LogP contribution in [0.1, 0.15) is 40.7 Å². The minimum Gasteiger partial charge on any atom is -0.481 e. The lowest BCUT2D eigenvalue weighted by molar-refractivity contribution is -0.137. The van der Waals surface area contributed by atoms with Gasteiger partial charge in [0, 0.05) is 6.42 Å². The Morgan fingerprint density at radius 1 is 1.05 bits per heavy atom. The molecule has 0 aliphatic carbocycles. The largest absolute Gasteiger partial charge is 0.481 e. The first kappa shape index (κ1) is 16.0. The molecule has 1 N–H and O–H groups in total. The van der Waals surface area contributed by atoms with Crippen molar-refractivity contribution in [1.82, 2.24) is 0 Å². The van der Waals surface area contributed by atoms with Crippen LogP contribution in [0, 0.1) is 13.8 Å². The van der Waals surface area contributed by atoms with E-state index in [1.54, 1.807) is 0 Å². The summed E-state index contributed by atoms with van der Waals surface area (Å²) in [5, 5.41) is 8.70. The topological polar surface area (TPSA) is 37.3 Å². The Morgan fingerprint density at radius 2 is 1.73 bits per heavy atom. The predicted octanol–water partition coefficient (Wildman–Crippen LogP) is 4.88. The highest BCUT2D eigenvalue weighted by atomic mass is 16.4. The number of aryl methyl sites for hydroxylation is 3. The highest BCUT2D eigenvalue weighted by Crippen LogP contribution is 2.17. The number of hydrogen-bond acceptors (Lipinski definition) is 1. The molecule has 2 aromatic rings. The van der Waals surface area contributed by atoms with Crippen LogP contribution in [0.3, 0.4) is 0 Å². The number of carboxylic acid groups (broad SMARTS) is 1. The van der Waals surface area contributed by atoms with E-state index in [0.29, 0.717) is 6.42 Å². The van der Waals surface area contributed by atoms with Gasteiger partial charge in [0.05, 0.1) is 0 Å². The van der Waals surface area contributed by atoms with Gasteiger partial charge < -0.3 is 5.11 Å². The first-order valence-electron chi connectivity index (χ1n) is 7.61. The normalized spacial score (nSPS) is 11.0. The second-order valence-corrected chi connectivity index (χ2v) is 5.63. The number of hydrogen-bond donors (Lipinski definition) is 1. The van der Waals surface area contributed by atoms with E-state index in [0.717, 1.165) is 12.0 Å². The van der Waals surface area contributed by atoms with Crippen molar-refractivity contribution in [1.29, 1.82) is 0 Å². The maximum absolute atomic E-state index is 10.6. The summed E-state index contributed by atoms with van der Waals surface area (Å²) < 4.78 is 0. The fourth-order valence-corrected chi connectivity index (χ4v) is 2.57. The lowest BCUT2D eigenvalue weighted by atomic mass is 10.0. The Balaban J connectivity index is 2.10. The zero-order chi connectivity index (χ0) is 15.9. The van der Waals surface area contributed by atoms with Crippen LogP contribution in [0.2, 0.25) is 0 Å². The van der Waals surface area contributed by atoms with E-state index < -0.39 is 5.97 Å². The number of carbonyl (C=O) groups is 1. The molecule has 0 atom stereocenters. The fraction of sp³-hybridized carbons (Fsp3) is 0.250. The molecule has 0 heterocycles. The minimum atomic E-state index is -0.730. The molecule has 0 saturated carbocycles. The summed E-state index contributed by atoms with van der Waals surface area (Å²) in [7, 11) is 0. The smallest absolute Gasteiger partial charge is 0.303 e. The summed E-state index contributed by atoms with van der Waals surface area (Å²) in [5.41, 5.74) is 6.14. The van der Waals surface area contributed by atoms with E-state index in [1.807, 2.05) is 6.07 Å².